The van der Waals surface area contributed by atoms with Crippen LogP contribution in [0.5, 0.6) is 5.75 Å². The summed E-state index contributed by atoms with van der Waals surface area (Å²) in [5.41, 5.74) is 2.50. The Bertz CT molecular complexity index is 834. The molecule has 3 heterocycles. The fraction of sp³-hybridized carbons (Fsp3) is 0.312. The Morgan fingerprint density at radius 1 is 1.30 bits per heavy atom. The Morgan fingerprint density at radius 2 is 2.22 bits per heavy atom. The predicted molar refractivity (Wildman–Crippen MR) is 85.4 cm³/mol. The fourth-order valence-electron chi connectivity index (χ4n) is 3.18. The van der Waals surface area contributed by atoms with Crippen LogP contribution in [0.3, 0.4) is 0 Å². The van der Waals surface area contributed by atoms with E-state index in [0.29, 0.717) is 18.6 Å². The molecule has 0 spiro atoms. The molecular formula is C16H17N5O2. The summed E-state index contributed by atoms with van der Waals surface area (Å²) in [6.45, 7) is 0.521. The van der Waals surface area contributed by atoms with E-state index in [9.17, 15) is 5.11 Å². The van der Waals surface area contributed by atoms with Gasteiger partial charge in [0.2, 0.25) is 0 Å². The number of hydrogen-bond acceptors (Lipinski definition) is 6. The van der Waals surface area contributed by atoms with Crippen LogP contribution in [0.1, 0.15) is 18.0 Å². The third-order valence-electron chi connectivity index (χ3n) is 4.23. The monoisotopic (exact) mass is 311 g/mol. The number of rotatable bonds is 3. The second kappa shape index (κ2) is 5.51. The van der Waals surface area contributed by atoms with E-state index in [-0.39, 0.29) is 6.04 Å². The molecule has 2 aromatic heterocycles. The number of fused-ring (bicyclic) bond motifs is 1. The third kappa shape index (κ3) is 2.39. The highest BCUT2D eigenvalue weighted by atomic mass is 16.5. The van der Waals surface area contributed by atoms with Gasteiger partial charge in [0, 0.05) is 6.54 Å². The normalized spacial score (nSPS) is 21.0. The van der Waals surface area contributed by atoms with E-state index in [4.69, 9.17) is 4.74 Å². The molecule has 1 aliphatic heterocycles. The van der Waals surface area contributed by atoms with E-state index in [2.05, 4.69) is 24.8 Å². The number of benzene rings is 1. The van der Waals surface area contributed by atoms with E-state index in [0.717, 1.165) is 22.6 Å². The molecule has 4 rings (SSSR count). The van der Waals surface area contributed by atoms with Crippen molar-refractivity contribution in [3.05, 3.63) is 42.5 Å². The van der Waals surface area contributed by atoms with Crippen molar-refractivity contribution in [3.8, 4) is 5.75 Å². The lowest BCUT2D eigenvalue weighted by atomic mass is 10.0. The lowest BCUT2D eigenvalue weighted by molar-refractivity contribution is 0.194. The van der Waals surface area contributed by atoms with Crippen LogP contribution in [0.2, 0.25) is 0 Å². The number of hydrogen-bond donors (Lipinski definition) is 2. The number of nitrogens with zero attached hydrogens (tertiary/aromatic N) is 4. The molecule has 0 amide bonds. The molecule has 0 radical (unpaired) electrons. The number of β-amino-alcohol motifs (C(OH)–C–C–N with tert-alkyl or cyclic N) is 1. The van der Waals surface area contributed by atoms with E-state index in [1.54, 1.807) is 13.4 Å². The zero-order chi connectivity index (χ0) is 15.8. The van der Waals surface area contributed by atoms with Crippen molar-refractivity contribution in [2.45, 2.75) is 18.6 Å². The van der Waals surface area contributed by atoms with Crippen molar-refractivity contribution in [2.24, 2.45) is 0 Å². The molecule has 7 nitrogen and oxygen atoms in total. The van der Waals surface area contributed by atoms with Gasteiger partial charge in [0.1, 0.15) is 17.6 Å². The topological polar surface area (TPSA) is 87.2 Å². The first-order chi connectivity index (χ1) is 11.3. The van der Waals surface area contributed by atoms with E-state index < -0.39 is 6.10 Å². The van der Waals surface area contributed by atoms with Crippen LogP contribution in [0.15, 0.2) is 36.9 Å². The molecule has 0 bridgehead atoms. The van der Waals surface area contributed by atoms with Gasteiger partial charge < -0.3 is 19.7 Å². The largest absolute Gasteiger partial charge is 0.497 e. The van der Waals surface area contributed by atoms with E-state index in [1.807, 2.05) is 24.3 Å². The first kappa shape index (κ1) is 14.0. The maximum Gasteiger partial charge on any atom is 0.182 e. The van der Waals surface area contributed by atoms with E-state index in [1.165, 1.54) is 6.33 Å². The van der Waals surface area contributed by atoms with Gasteiger partial charge in [0.15, 0.2) is 11.5 Å². The average Bonchev–Trinajstić information content (AvgIpc) is 3.21. The Morgan fingerprint density at radius 3 is 3.09 bits per heavy atom. The van der Waals surface area contributed by atoms with Crippen LogP contribution in [0.4, 0.5) is 5.82 Å². The van der Waals surface area contributed by atoms with Gasteiger partial charge in [-0.25, -0.2) is 15.0 Å². The summed E-state index contributed by atoms with van der Waals surface area (Å²) in [6.07, 6.45) is 3.35. The Balaban J connectivity index is 1.78. The first-order valence-electron chi connectivity index (χ1n) is 7.49. The highest BCUT2D eigenvalue weighted by Gasteiger charge is 2.34. The Hall–Kier alpha value is -2.67. The van der Waals surface area contributed by atoms with Gasteiger partial charge in [-0.2, -0.15) is 0 Å². The lowest BCUT2D eigenvalue weighted by Crippen LogP contribution is -2.25. The minimum absolute atomic E-state index is 0.0292. The number of aliphatic hydroxyl groups is 1. The average molecular weight is 311 g/mol. The van der Waals surface area contributed by atoms with Gasteiger partial charge in [0.25, 0.3) is 0 Å². The van der Waals surface area contributed by atoms with Crippen LogP contribution >= 0.6 is 0 Å². The summed E-state index contributed by atoms with van der Waals surface area (Å²) in [6, 6.07) is 7.95. The second-order valence-electron chi connectivity index (χ2n) is 5.63. The summed E-state index contributed by atoms with van der Waals surface area (Å²) in [7, 11) is 1.65. The number of methoxy groups -OCH3 is 1. The molecule has 1 aromatic carbocycles. The maximum atomic E-state index is 10.2. The van der Waals surface area contributed by atoms with Crippen molar-refractivity contribution < 1.29 is 9.84 Å². The number of H-pyrrole nitrogens is 1. The molecule has 1 saturated heterocycles. The second-order valence-corrected chi connectivity index (χ2v) is 5.63. The number of ether oxygens (including phenoxy) is 1. The molecule has 23 heavy (non-hydrogen) atoms. The molecule has 0 aliphatic carbocycles. The summed E-state index contributed by atoms with van der Waals surface area (Å²) in [5, 5.41) is 10.2. The molecule has 0 saturated carbocycles. The molecule has 0 unspecified atom stereocenters. The Kier molecular flexibility index (Phi) is 3.34. The Labute approximate surface area is 133 Å². The third-order valence-corrected chi connectivity index (χ3v) is 4.23. The van der Waals surface area contributed by atoms with Gasteiger partial charge in [-0.3, -0.25) is 0 Å². The van der Waals surface area contributed by atoms with Crippen LogP contribution in [-0.4, -0.2) is 44.8 Å². The van der Waals surface area contributed by atoms with Crippen molar-refractivity contribution >= 4 is 17.0 Å². The summed E-state index contributed by atoms with van der Waals surface area (Å²) in [4.78, 5) is 17.9. The molecule has 1 fully saturated rings. The van der Waals surface area contributed by atoms with Crippen molar-refractivity contribution in [3.63, 3.8) is 0 Å². The quantitative estimate of drug-likeness (QED) is 0.765. The van der Waals surface area contributed by atoms with Crippen LogP contribution < -0.4 is 9.64 Å². The molecule has 2 N–H and O–H groups in total. The highest BCUT2D eigenvalue weighted by Crippen LogP contribution is 2.38. The van der Waals surface area contributed by atoms with E-state index >= 15 is 0 Å². The standard InChI is InChI=1S/C16H17N5O2/c1-23-12-4-2-3-10(5-12)13-6-11(22)7-21(13)16-14-15(18-8-17-14)19-9-20-16/h2-5,8-9,11,13,22H,6-7H2,1H3,(H,17,18,19,20)/t11-,13+/m0/s1. The van der Waals surface area contributed by atoms with Gasteiger partial charge >= 0.3 is 0 Å². The first-order valence-corrected chi connectivity index (χ1v) is 7.49. The maximum absolute atomic E-state index is 10.2. The molecule has 2 atom stereocenters. The highest BCUT2D eigenvalue weighted by molar-refractivity contribution is 5.83. The summed E-state index contributed by atoms with van der Waals surface area (Å²) < 4.78 is 5.32. The fourth-order valence-corrected chi connectivity index (χ4v) is 3.18. The molecule has 3 aromatic rings. The van der Waals surface area contributed by atoms with Crippen molar-refractivity contribution in [1.82, 2.24) is 19.9 Å². The summed E-state index contributed by atoms with van der Waals surface area (Å²) >= 11 is 0. The van der Waals surface area contributed by atoms with Crippen molar-refractivity contribution in [1.29, 1.82) is 0 Å². The van der Waals surface area contributed by atoms with Gasteiger partial charge in [0.05, 0.1) is 25.6 Å². The number of aromatic amines is 1. The number of aromatic nitrogens is 4. The van der Waals surface area contributed by atoms with Crippen LogP contribution in [0, 0.1) is 0 Å². The van der Waals surface area contributed by atoms with Gasteiger partial charge in [-0.15, -0.1) is 0 Å². The SMILES string of the molecule is COc1cccc([C@H]2C[C@H](O)CN2c2ncnc3nc[nH]c23)c1. The summed E-state index contributed by atoms with van der Waals surface area (Å²) in [5.74, 6) is 1.56. The lowest BCUT2D eigenvalue weighted by Gasteiger charge is -2.26. The van der Waals surface area contributed by atoms with Gasteiger partial charge in [-0.05, 0) is 24.1 Å². The smallest absolute Gasteiger partial charge is 0.182 e. The van der Waals surface area contributed by atoms with Gasteiger partial charge in [-0.1, -0.05) is 12.1 Å². The number of anilines is 1. The predicted octanol–water partition coefficient (Wildman–Crippen LogP) is 1.67. The zero-order valence-corrected chi connectivity index (χ0v) is 12.7. The number of aliphatic hydroxyl groups excluding tert-OH is 1. The molecule has 7 heteroatoms. The minimum Gasteiger partial charge on any atom is -0.497 e. The van der Waals surface area contributed by atoms with Crippen LogP contribution in [-0.2, 0) is 0 Å². The molecule has 118 valence electrons. The molecule has 1 aliphatic rings. The number of nitrogens with one attached hydrogen (secondary N) is 1. The van der Waals surface area contributed by atoms with Crippen LogP contribution in [0.25, 0.3) is 11.2 Å². The minimum atomic E-state index is -0.404. The zero-order valence-electron chi connectivity index (χ0n) is 12.7. The van der Waals surface area contributed by atoms with Crippen molar-refractivity contribution in [2.75, 3.05) is 18.6 Å². The number of imidazole rings is 1. The molecular weight excluding hydrogens is 294 g/mol.